The second-order valence-corrected chi connectivity index (χ2v) is 6.11. The third-order valence-electron chi connectivity index (χ3n) is 4.70. The topological polar surface area (TPSA) is 61.2 Å². The van der Waals surface area contributed by atoms with Crippen molar-refractivity contribution in [1.82, 2.24) is 14.8 Å². The van der Waals surface area contributed by atoms with Crippen molar-refractivity contribution < 1.29 is 13.9 Å². The third kappa shape index (κ3) is 2.75. The molecule has 134 valence electrons. The first-order chi connectivity index (χ1) is 12.7. The Morgan fingerprint density at radius 1 is 1.12 bits per heavy atom. The van der Waals surface area contributed by atoms with E-state index in [0.29, 0.717) is 23.9 Å². The lowest BCUT2D eigenvalue weighted by Gasteiger charge is -2.32. The lowest BCUT2D eigenvalue weighted by Crippen LogP contribution is -2.28. The Morgan fingerprint density at radius 3 is 2.65 bits per heavy atom. The maximum atomic E-state index is 13.3. The van der Waals surface area contributed by atoms with Gasteiger partial charge in [0.15, 0.2) is 11.5 Å². The van der Waals surface area contributed by atoms with Crippen molar-refractivity contribution in [3.05, 3.63) is 65.7 Å². The second-order valence-electron chi connectivity index (χ2n) is 6.11. The molecule has 0 aliphatic carbocycles. The number of ether oxygens (including phenoxy) is 2. The number of anilines is 1. The zero-order chi connectivity index (χ0) is 18.1. The van der Waals surface area contributed by atoms with Crippen molar-refractivity contribution in [1.29, 1.82) is 0 Å². The number of methoxy groups -OCH3 is 2. The van der Waals surface area contributed by atoms with Crippen molar-refractivity contribution in [3.8, 4) is 11.5 Å². The van der Waals surface area contributed by atoms with E-state index >= 15 is 0 Å². The number of hydrogen-bond acceptors (Lipinski definition) is 5. The molecule has 2 heterocycles. The Bertz CT molecular complexity index is 910. The molecule has 0 spiro atoms. The molecule has 2 atom stereocenters. The van der Waals surface area contributed by atoms with Crippen LogP contribution in [0.3, 0.4) is 0 Å². The van der Waals surface area contributed by atoms with Gasteiger partial charge in [-0.25, -0.2) is 9.07 Å². The zero-order valence-electron chi connectivity index (χ0n) is 14.5. The summed E-state index contributed by atoms with van der Waals surface area (Å²) in [7, 11) is 3.24. The van der Waals surface area contributed by atoms with E-state index in [0.717, 1.165) is 11.1 Å². The summed E-state index contributed by atoms with van der Waals surface area (Å²) in [4.78, 5) is 4.32. The average Bonchev–Trinajstić information content (AvgIpc) is 3.15. The molecule has 0 radical (unpaired) electrons. The molecule has 0 fully saturated rings. The van der Waals surface area contributed by atoms with Crippen LogP contribution in [0.5, 0.6) is 11.5 Å². The summed E-state index contributed by atoms with van der Waals surface area (Å²) >= 11 is 0. The van der Waals surface area contributed by atoms with Gasteiger partial charge >= 0.3 is 0 Å². The Morgan fingerprint density at radius 2 is 1.92 bits per heavy atom. The predicted molar refractivity (Wildman–Crippen MR) is 95.1 cm³/mol. The van der Waals surface area contributed by atoms with Crippen molar-refractivity contribution in [2.75, 3.05) is 19.5 Å². The molecule has 0 saturated heterocycles. The highest BCUT2D eigenvalue weighted by Crippen LogP contribution is 2.43. The lowest BCUT2D eigenvalue weighted by atomic mass is 9.92. The van der Waals surface area contributed by atoms with Crippen LogP contribution in [0.4, 0.5) is 10.3 Å². The minimum Gasteiger partial charge on any atom is -0.493 e. The normalized spacial score (nSPS) is 18.7. The maximum Gasteiger partial charge on any atom is 0.222 e. The number of benzene rings is 2. The van der Waals surface area contributed by atoms with Gasteiger partial charge in [-0.05, 0) is 30.2 Å². The number of para-hydroxylation sites is 1. The fraction of sp³-hybridized carbons (Fsp3) is 0.263. The van der Waals surface area contributed by atoms with Crippen LogP contribution >= 0.6 is 0 Å². The molecule has 1 N–H and O–H groups in total. The molecule has 1 aromatic heterocycles. The Labute approximate surface area is 150 Å². The minimum atomic E-state index is -0.251. The van der Waals surface area contributed by atoms with Gasteiger partial charge in [-0.2, -0.15) is 10.1 Å². The lowest BCUT2D eigenvalue weighted by molar-refractivity contribution is 0.340. The maximum absolute atomic E-state index is 13.3. The van der Waals surface area contributed by atoms with Gasteiger partial charge in [-0.15, -0.1) is 0 Å². The zero-order valence-corrected chi connectivity index (χ0v) is 14.5. The van der Waals surface area contributed by atoms with Gasteiger partial charge in [0.25, 0.3) is 0 Å². The van der Waals surface area contributed by atoms with Crippen LogP contribution in [0.2, 0.25) is 0 Å². The fourth-order valence-electron chi connectivity index (χ4n) is 3.47. The number of rotatable bonds is 4. The standard InChI is InChI=1S/C19H19FN4O2/c1-25-17-5-3-4-14(18(17)26-2)16-10-15(12-6-8-13(20)9-7-12)23-19-21-11-22-24(16)19/h3-9,11,15-16H,10H2,1-2H3,(H,21,22,23)/t15-,16-/m1/s1. The molecule has 1 aliphatic heterocycles. The van der Waals surface area contributed by atoms with Crippen LogP contribution in [-0.4, -0.2) is 29.0 Å². The molecule has 6 nitrogen and oxygen atoms in total. The van der Waals surface area contributed by atoms with Crippen molar-refractivity contribution in [3.63, 3.8) is 0 Å². The van der Waals surface area contributed by atoms with Gasteiger partial charge in [0.2, 0.25) is 5.95 Å². The van der Waals surface area contributed by atoms with Crippen molar-refractivity contribution in [2.24, 2.45) is 0 Å². The quantitative estimate of drug-likeness (QED) is 0.776. The summed E-state index contributed by atoms with van der Waals surface area (Å²) in [5, 5.41) is 7.75. The first-order valence-electron chi connectivity index (χ1n) is 8.33. The van der Waals surface area contributed by atoms with Gasteiger partial charge in [0.05, 0.1) is 26.3 Å². The Kier molecular flexibility index (Phi) is 4.20. The molecule has 26 heavy (non-hydrogen) atoms. The highest BCUT2D eigenvalue weighted by atomic mass is 19.1. The average molecular weight is 354 g/mol. The van der Waals surface area contributed by atoms with Gasteiger partial charge in [0.1, 0.15) is 12.1 Å². The molecule has 2 aromatic carbocycles. The highest BCUT2D eigenvalue weighted by molar-refractivity contribution is 5.50. The van der Waals surface area contributed by atoms with E-state index in [1.807, 2.05) is 22.9 Å². The minimum absolute atomic E-state index is 0.0202. The number of nitrogens with zero attached hydrogens (tertiary/aromatic N) is 3. The van der Waals surface area contributed by atoms with Crippen LogP contribution in [-0.2, 0) is 0 Å². The van der Waals surface area contributed by atoms with E-state index in [2.05, 4.69) is 15.4 Å². The molecule has 3 aromatic rings. The van der Waals surface area contributed by atoms with E-state index in [4.69, 9.17) is 9.47 Å². The molecule has 0 unspecified atom stereocenters. The third-order valence-corrected chi connectivity index (χ3v) is 4.70. The first kappa shape index (κ1) is 16.4. The van der Waals surface area contributed by atoms with Crippen LogP contribution < -0.4 is 14.8 Å². The number of nitrogens with one attached hydrogen (secondary N) is 1. The predicted octanol–water partition coefficient (Wildman–Crippen LogP) is 3.58. The Balaban J connectivity index is 1.78. The number of aromatic nitrogens is 3. The summed E-state index contributed by atoms with van der Waals surface area (Å²) < 4.78 is 26.2. The molecule has 7 heteroatoms. The molecule has 0 saturated carbocycles. The summed E-state index contributed by atoms with van der Waals surface area (Å²) in [6.07, 6.45) is 2.24. The molecule has 1 aliphatic rings. The smallest absolute Gasteiger partial charge is 0.222 e. The van der Waals surface area contributed by atoms with Crippen LogP contribution in [0.15, 0.2) is 48.8 Å². The van der Waals surface area contributed by atoms with E-state index < -0.39 is 0 Å². The van der Waals surface area contributed by atoms with Crippen LogP contribution in [0.1, 0.15) is 29.6 Å². The molecule has 0 amide bonds. The first-order valence-corrected chi connectivity index (χ1v) is 8.33. The monoisotopic (exact) mass is 354 g/mol. The summed E-state index contributed by atoms with van der Waals surface area (Å²) in [5.74, 6) is 1.77. The second kappa shape index (κ2) is 6.67. The summed E-state index contributed by atoms with van der Waals surface area (Å²) in [6.45, 7) is 0. The molecule has 4 rings (SSSR count). The van der Waals surface area contributed by atoms with Crippen LogP contribution in [0.25, 0.3) is 0 Å². The van der Waals surface area contributed by atoms with Gasteiger partial charge in [-0.3, -0.25) is 0 Å². The number of fused-ring (bicyclic) bond motifs is 1. The fourth-order valence-corrected chi connectivity index (χ4v) is 3.47. The Hall–Kier alpha value is -3.09. The van der Waals surface area contributed by atoms with Crippen molar-refractivity contribution >= 4 is 5.95 Å². The highest BCUT2D eigenvalue weighted by Gasteiger charge is 2.32. The molecular formula is C19H19FN4O2. The summed E-state index contributed by atoms with van der Waals surface area (Å²) in [6, 6.07) is 12.2. The van der Waals surface area contributed by atoms with Crippen LogP contribution in [0, 0.1) is 5.82 Å². The molecule has 0 bridgehead atoms. The SMILES string of the molecule is COc1cccc([C@H]2C[C@H](c3ccc(F)cc3)Nc3ncnn32)c1OC. The van der Waals surface area contributed by atoms with E-state index in [1.165, 1.54) is 18.5 Å². The number of hydrogen-bond donors (Lipinski definition) is 1. The van der Waals surface area contributed by atoms with E-state index in [-0.39, 0.29) is 17.9 Å². The largest absolute Gasteiger partial charge is 0.493 e. The van der Waals surface area contributed by atoms with Crippen molar-refractivity contribution in [2.45, 2.75) is 18.5 Å². The van der Waals surface area contributed by atoms with Gasteiger partial charge in [0, 0.05) is 5.56 Å². The van der Waals surface area contributed by atoms with E-state index in [9.17, 15) is 4.39 Å². The van der Waals surface area contributed by atoms with E-state index in [1.54, 1.807) is 26.4 Å². The summed E-state index contributed by atoms with van der Waals surface area (Å²) in [5.41, 5.74) is 1.96. The number of halogens is 1. The molecular weight excluding hydrogens is 335 g/mol. The van der Waals surface area contributed by atoms with Gasteiger partial charge < -0.3 is 14.8 Å². The van der Waals surface area contributed by atoms with Gasteiger partial charge in [-0.1, -0.05) is 24.3 Å².